The summed E-state index contributed by atoms with van der Waals surface area (Å²) in [7, 11) is 0. The van der Waals surface area contributed by atoms with Crippen LogP contribution in [-0.2, 0) is 11.3 Å². The lowest BCUT2D eigenvalue weighted by atomic mass is 10.2. The first-order valence-electron chi connectivity index (χ1n) is 7.14. The van der Waals surface area contributed by atoms with Crippen LogP contribution in [0.2, 0.25) is 5.02 Å². The molecule has 0 bridgehead atoms. The van der Waals surface area contributed by atoms with Crippen molar-refractivity contribution in [2.45, 2.75) is 6.54 Å². The number of hydrogen-bond donors (Lipinski definition) is 1. The molecule has 0 radical (unpaired) electrons. The third-order valence-corrected chi connectivity index (χ3v) is 4.61. The molecule has 5 nitrogen and oxygen atoms in total. The van der Waals surface area contributed by atoms with Gasteiger partial charge in [0.05, 0.1) is 31.0 Å². The number of thiazole rings is 1. The van der Waals surface area contributed by atoms with Crippen molar-refractivity contribution in [1.82, 2.24) is 10.3 Å². The van der Waals surface area contributed by atoms with Crippen LogP contribution < -0.4 is 10.2 Å². The molecule has 1 N–H and O–H groups in total. The maximum absolute atomic E-state index is 13.7. The maximum Gasteiger partial charge on any atom is 0.254 e. The number of morpholine rings is 1. The Morgan fingerprint density at radius 2 is 2.22 bits per heavy atom. The van der Waals surface area contributed by atoms with E-state index in [1.165, 1.54) is 23.5 Å². The summed E-state index contributed by atoms with van der Waals surface area (Å²) >= 11 is 7.20. The Hall–Kier alpha value is -1.70. The lowest BCUT2D eigenvalue weighted by molar-refractivity contribution is 0.0946. The summed E-state index contributed by atoms with van der Waals surface area (Å²) in [5, 5.41) is 5.73. The van der Waals surface area contributed by atoms with Gasteiger partial charge in [0.2, 0.25) is 0 Å². The second-order valence-corrected chi connectivity index (χ2v) is 6.30. The Morgan fingerprint density at radius 3 is 2.96 bits per heavy atom. The Balaban J connectivity index is 1.59. The number of carbonyl (C=O) groups excluding carboxylic acids is 1. The van der Waals surface area contributed by atoms with Gasteiger partial charge >= 0.3 is 0 Å². The molecule has 8 heteroatoms. The largest absolute Gasteiger partial charge is 0.378 e. The molecule has 3 rings (SSSR count). The molecule has 2 aromatic rings. The van der Waals surface area contributed by atoms with Crippen molar-refractivity contribution in [3.8, 4) is 0 Å². The maximum atomic E-state index is 13.7. The number of amides is 1. The highest BCUT2D eigenvalue weighted by Crippen LogP contribution is 2.21. The van der Waals surface area contributed by atoms with Crippen LogP contribution in [0, 0.1) is 5.82 Å². The Morgan fingerprint density at radius 1 is 1.43 bits per heavy atom. The number of halogens is 2. The number of anilines is 1. The third kappa shape index (κ3) is 3.99. The summed E-state index contributed by atoms with van der Waals surface area (Å²) in [6.45, 7) is 3.27. The molecule has 0 unspecified atom stereocenters. The minimum Gasteiger partial charge on any atom is -0.378 e. The standard InChI is InChI=1S/C15H15ClFN3O2S/c16-10-1-2-12(13(17)7-10)14(21)18-8-11-9-23-15(19-11)20-3-5-22-6-4-20/h1-2,7,9H,3-6,8H2,(H,18,21). The molecule has 1 amide bonds. The number of carbonyl (C=O) groups is 1. The molecule has 1 aromatic heterocycles. The molecule has 1 aliphatic heterocycles. The lowest BCUT2D eigenvalue weighted by Crippen LogP contribution is -2.36. The normalized spacial score (nSPS) is 14.8. The summed E-state index contributed by atoms with van der Waals surface area (Å²) in [5.41, 5.74) is 0.720. The van der Waals surface area contributed by atoms with Gasteiger partial charge in [-0.05, 0) is 18.2 Å². The van der Waals surface area contributed by atoms with E-state index >= 15 is 0 Å². The smallest absolute Gasteiger partial charge is 0.254 e. The minimum atomic E-state index is -0.637. The van der Waals surface area contributed by atoms with E-state index in [9.17, 15) is 9.18 Å². The quantitative estimate of drug-likeness (QED) is 0.916. The zero-order chi connectivity index (χ0) is 16.2. The van der Waals surface area contributed by atoms with Gasteiger partial charge in [-0.25, -0.2) is 9.37 Å². The zero-order valence-corrected chi connectivity index (χ0v) is 13.8. The first kappa shape index (κ1) is 16.2. The van der Waals surface area contributed by atoms with E-state index in [0.29, 0.717) is 13.2 Å². The molecule has 0 saturated carbocycles. The van der Waals surface area contributed by atoms with E-state index in [-0.39, 0.29) is 17.1 Å². The topological polar surface area (TPSA) is 54.5 Å². The molecule has 1 aromatic carbocycles. The average molecular weight is 356 g/mol. The van der Waals surface area contributed by atoms with Gasteiger partial charge in [-0.1, -0.05) is 11.6 Å². The molecule has 0 aliphatic carbocycles. The lowest BCUT2D eigenvalue weighted by Gasteiger charge is -2.26. The Labute approximate surface area is 142 Å². The Kier molecular flexibility index (Phi) is 5.09. The minimum absolute atomic E-state index is 0.0296. The van der Waals surface area contributed by atoms with Crippen LogP contribution in [0.25, 0.3) is 0 Å². The molecule has 0 atom stereocenters. The van der Waals surface area contributed by atoms with Crippen LogP contribution in [0.3, 0.4) is 0 Å². The molecule has 1 aliphatic rings. The summed E-state index contributed by atoms with van der Waals surface area (Å²) in [6.07, 6.45) is 0. The van der Waals surface area contributed by atoms with Gasteiger partial charge in [0.1, 0.15) is 5.82 Å². The van der Waals surface area contributed by atoms with Gasteiger partial charge in [-0.15, -0.1) is 11.3 Å². The fraction of sp³-hybridized carbons (Fsp3) is 0.333. The number of nitrogens with one attached hydrogen (secondary N) is 1. The number of aromatic nitrogens is 1. The van der Waals surface area contributed by atoms with Crippen LogP contribution in [0.15, 0.2) is 23.6 Å². The van der Waals surface area contributed by atoms with Crippen molar-refractivity contribution < 1.29 is 13.9 Å². The third-order valence-electron chi connectivity index (χ3n) is 3.43. The highest BCUT2D eigenvalue weighted by molar-refractivity contribution is 7.13. The molecule has 122 valence electrons. The van der Waals surface area contributed by atoms with Gasteiger partial charge in [-0.3, -0.25) is 4.79 Å². The van der Waals surface area contributed by atoms with Crippen LogP contribution in [-0.4, -0.2) is 37.2 Å². The molecule has 1 saturated heterocycles. The van der Waals surface area contributed by atoms with Crippen molar-refractivity contribution in [1.29, 1.82) is 0 Å². The number of hydrogen-bond acceptors (Lipinski definition) is 5. The molecule has 2 heterocycles. The first-order chi connectivity index (χ1) is 11.1. The zero-order valence-electron chi connectivity index (χ0n) is 12.2. The van der Waals surface area contributed by atoms with Crippen LogP contribution >= 0.6 is 22.9 Å². The molecular weight excluding hydrogens is 341 g/mol. The van der Waals surface area contributed by atoms with Crippen molar-refractivity contribution in [3.63, 3.8) is 0 Å². The Bertz CT molecular complexity index is 704. The first-order valence-corrected chi connectivity index (χ1v) is 8.39. The molecule has 1 fully saturated rings. The van der Waals surface area contributed by atoms with Crippen molar-refractivity contribution in [2.75, 3.05) is 31.2 Å². The fourth-order valence-electron chi connectivity index (χ4n) is 2.22. The van der Waals surface area contributed by atoms with E-state index in [4.69, 9.17) is 16.3 Å². The summed E-state index contributed by atoms with van der Waals surface area (Å²) < 4.78 is 19.0. The average Bonchev–Trinajstić information content (AvgIpc) is 3.02. The van der Waals surface area contributed by atoms with Gasteiger partial charge < -0.3 is 15.0 Å². The van der Waals surface area contributed by atoms with Crippen molar-refractivity contribution in [2.24, 2.45) is 0 Å². The number of nitrogens with zero attached hydrogens (tertiary/aromatic N) is 2. The van der Waals surface area contributed by atoms with Gasteiger partial charge in [-0.2, -0.15) is 0 Å². The molecule has 0 spiro atoms. The van der Waals surface area contributed by atoms with Crippen LogP contribution in [0.1, 0.15) is 16.1 Å². The van der Waals surface area contributed by atoms with Gasteiger partial charge in [0, 0.05) is 23.5 Å². The highest BCUT2D eigenvalue weighted by Gasteiger charge is 2.16. The van der Waals surface area contributed by atoms with Gasteiger partial charge in [0.25, 0.3) is 5.91 Å². The van der Waals surface area contributed by atoms with Crippen molar-refractivity contribution >= 4 is 34.0 Å². The highest BCUT2D eigenvalue weighted by atomic mass is 35.5. The van der Waals surface area contributed by atoms with Crippen molar-refractivity contribution in [3.05, 3.63) is 45.7 Å². The summed E-state index contributed by atoms with van der Waals surface area (Å²) in [4.78, 5) is 18.7. The van der Waals surface area contributed by atoms with E-state index < -0.39 is 11.7 Å². The SMILES string of the molecule is O=C(NCc1csc(N2CCOCC2)n1)c1ccc(Cl)cc1F. The number of ether oxygens (including phenoxy) is 1. The van der Waals surface area contributed by atoms with E-state index in [0.717, 1.165) is 30.0 Å². The summed E-state index contributed by atoms with van der Waals surface area (Å²) in [5.74, 6) is -1.12. The van der Waals surface area contributed by atoms with E-state index in [1.807, 2.05) is 5.38 Å². The van der Waals surface area contributed by atoms with Gasteiger partial charge in [0.15, 0.2) is 5.13 Å². The molecule has 23 heavy (non-hydrogen) atoms. The second kappa shape index (κ2) is 7.25. The number of rotatable bonds is 4. The number of benzene rings is 1. The van der Waals surface area contributed by atoms with Crippen LogP contribution in [0.4, 0.5) is 9.52 Å². The van der Waals surface area contributed by atoms with Crippen LogP contribution in [0.5, 0.6) is 0 Å². The predicted octanol–water partition coefficient (Wildman–Crippen LogP) is 2.70. The molecular formula is C15H15ClFN3O2S. The van der Waals surface area contributed by atoms with E-state index in [1.54, 1.807) is 0 Å². The summed E-state index contributed by atoms with van der Waals surface area (Å²) in [6, 6.07) is 3.97. The second-order valence-electron chi connectivity index (χ2n) is 5.03. The van der Waals surface area contributed by atoms with E-state index in [2.05, 4.69) is 15.2 Å². The predicted molar refractivity (Wildman–Crippen MR) is 87.7 cm³/mol. The fourth-order valence-corrected chi connectivity index (χ4v) is 3.25. The monoisotopic (exact) mass is 355 g/mol.